The minimum Gasteiger partial charge on any atom is -0.271 e. The molecule has 0 atom stereocenters. The molecule has 1 aliphatic rings. The van der Waals surface area contributed by atoms with Gasteiger partial charge in [-0.1, -0.05) is 12.8 Å². The van der Waals surface area contributed by atoms with E-state index in [1.54, 1.807) is 12.1 Å². The summed E-state index contributed by atoms with van der Waals surface area (Å²) in [5.74, 6) is 0. The highest BCUT2D eigenvalue weighted by Gasteiger charge is 2.15. The second-order valence-corrected chi connectivity index (χ2v) is 6.86. The summed E-state index contributed by atoms with van der Waals surface area (Å²) in [6, 6.07) is 7.33. The minimum atomic E-state index is -3.67. The standard InChI is InChI=1S/C11H16N2O2S2/c12-17(14,15)13-9-5-7-11(8-6-9)16-10-3-1-2-4-10/h5-8,10,13H,1-4H2,(H2,12,14,15). The Hall–Kier alpha value is -0.720. The second kappa shape index (κ2) is 5.29. The molecule has 2 rings (SSSR count). The maximum absolute atomic E-state index is 10.8. The Morgan fingerprint density at radius 2 is 1.76 bits per heavy atom. The molecule has 1 aromatic carbocycles. The molecule has 94 valence electrons. The van der Waals surface area contributed by atoms with Crippen molar-refractivity contribution in [2.45, 2.75) is 35.8 Å². The number of hydrogen-bond acceptors (Lipinski definition) is 3. The van der Waals surface area contributed by atoms with Gasteiger partial charge in [0.15, 0.2) is 0 Å². The van der Waals surface area contributed by atoms with Crippen molar-refractivity contribution in [1.82, 2.24) is 0 Å². The first-order chi connectivity index (χ1) is 8.03. The van der Waals surface area contributed by atoms with Gasteiger partial charge in [-0.3, -0.25) is 4.72 Å². The molecule has 0 aromatic heterocycles. The van der Waals surface area contributed by atoms with Crippen LogP contribution >= 0.6 is 11.8 Å². The highest BCUT2D eigenvalue weighted by molar-refractivity contribution is 8.00. The van der Waals surface area contributed by atoms with Gasteiger partial charge < -0.3 is 0 Å². The van der Waals surface area contributed by atoms with Crippen LogP contribution in [0, 0.1) is 0 Å². The minimum absolute atomic E-state index is 0.503. The molecule has 0 aliphatic heterocycles. The Bertz CT molecular complexity index is 465. The third kappa shape index (κ3) is 4.22. The first kappa shape index (κ1) is 12.7. The van der Waals surface area contributed by atoms with Crippen molar-refractivity contribution in [3.63, 3.8) is 0 Å². The van der Waals surface area contributed by atoms with E-state index < -0.39 is 10.2 Å². The number of nitrogens with two attached hydrogens (primary N) is 1. The van der Waals surface area contributed by atoms with Crippen LogP contribution in [0.25, 0.3) is 0 Å². The molecule has 0 bridgehead atoms. The number of benzene rings is 1. The van der Waals surface area contributed by atoms with E-state index in [-0.39, 0.29) is 0 Å². The van der Waals surface area contributed by atoms with Gasteiger partial charge in [0.1, 0.15) is 0 Å². The molecule has 1 aliphatic carbocycles. The lowest BCUT2D eigenvalue weighted by Crippen LogP contribution is -2.21. The number of thioether (sulfide) groups is 1. The number of anilines is 1. The third-order valence-corrected chi connectivity index (χ3v) is 4.59. The first-order valence-corrected chi connectivity index (χ1v) is 8.03. The predicted molar refractivity (Wildman–Crippen MR) is 71.3 cm³/mol. The van der Waals surface area contributed by atoms with Gasteiger partial charge in [0, 0.05) is 15.8 Å². The fourth-order valence-electron chi connectivity index (χ4n) is 1.96. The van der Waals surface area contributed by atoms with E-state index in [4.69, 9.17) is 5.14 Å². The molecule has 0 spiro atoms. The zero-order chi connectivity index (χ0) is 12.3. The van der Waals surface area contributed by atoms with Crippen LogP contribution in [0.4, 0.5) is 5.69 Å². The van der Waals surface area contributed by atoms with Crippen molar-refractivity contribution in [2.75, 3.05) is 4.72 Å². The molecule has 4 nitrogen and oxygen atoms in total. The molecule has 0 unspecified atom stereocenters. The van der Waals surface area contributed by atoms with Gasteiger partial charge in [-0.05, 0) is 37.1 Å². The van der Waals surface area contributed by atoms with Crippen LogP contribution in [0.3, 0.4) is 0 Å². The van der Waals surface area contributed by atoms with Crippen LogP contribution in [-0.4, -0.2) is 13.7 Å². The summed E-state index contributed by atoms with van der Waals surface area (Å²) >= 11 is 1.87. The van der Waals surface area contributed by atoms with Crippen LogP contribution in [-0.2, 0) is 10.2 Å². The summed E-state index contributed by atoms with van der Waals surface area (Å²) in [6.07, 6.45) is 5.20. The molecule has 1 saturated carbocycles. The zero-order valence-electron chi connectivity index (χ0n) is 9.43. The Balaban J connectivity index is 1.97. The molecule has 0 amide bonds. The van der Waals surface area contributed by atoms with Crippen LogP contribution in [0.5, 0.6) is 0 Å². The largest absolute Gasteiger partial charge is 0.296 e. The summed E-state index contributed by atoms with van der Waals surface area (Å²) in [7, 11) is -3.67. The van der Waals surface area contributed by atoms with E-state index in [0.29, 0.717) is 10.9 Å². The molecule has 17 heavy (non-hydrogen) atoms. The molecular formula is C11H16N2O2S2. The molecule has 0 saturated heterocycles. The second-order valence-electron chi connectivity index (χ2n) is 4.20. The van der Waals surface area contributed by atoms with Gasteiger partial charge in [0.05, 0.1) is 0 Å². The van der Waals surface area contributed by atoms with Gasteiger partial charge in [-0.25, -0.2) is 5.14 Å². The number of rotatable bonds is 4. The average molecular weight is 272 g/mol. The van der Waals surface area contributed by atoms with Gasteiger partial charge in [0.2, 0.25) is 0 Å². The molecule has 3 N–H and O–H groups in total. The van der Waals surface area contributed by atoms with Crippen molar-refractivity contribution in [3.8, 4) is 0 Å². The number of nitrogens with one attached hydrogen (secondary N) is 1. The average Bonchev–Trinajstić information content (AvgIpc) is 2.71. The molecule has 1 aromatic rings. The maximum Gasteiger partial charge on any atom is 0.296 e. The summed E-state index contributed by atoms with van der Waals surface area (Å²) in [5, 5.41) is 5.61. The van der Waals surface area contributed by atoms with Crippen molar-refractivity contribution in [3.05, 3.63) is 24.3 Å². The van der Waals surface area contributed by atoms with E-state index in [2.05, 4.69) is 4.72 Å². The van der Waals surface area contributed by atoms with Crippen LogP contribution < -0.4 is 9.86 Å². The lowest BCUT2D eigenvalue weighted by atomic mass is 10.3. The third-order valence-electron chi connectivity index (χ3n) is 2.72. The van der Waals surface area contributed by atoms with Crippen molar-refractivity contribution in [1.29, 1.82) is 0 Å². The highest BCUT2D eigenvalue weighted by Crippen LogP contribution is 2.34. The lowest BCUT2D eigenvalue weighted by molar-refractivity contribution is 0.603. The molecule has 0 radical (unpaired) electrons. The Morgan fingerprint density at radius 1 is 1.18 bits per heavy atom. The molecular weight excluding hydrogens is 256 g/mol. The van der Waals surface area contributed by atoms with Crippen LogP contribution in [0.1, 0.15) is 25.7 Å². The predicted octanol–water partition coefficient (Wildman–Crippen LogP) is 2.34. The van der Waals surface area contributed by atoms with Crippen LogP contribution in [0.15, 0.2) is 29.2 Å². The van der Waals surface area contributed by atoms with Crippen molar-refractivity contribution >= 4 is 27.7 Å². The van der Waals surface area contributed by atoms with Gasteiger partial charge in [-0.2, -0.15) is 8.42 Å². The number of hydrogen-bond donors (Lipinski definition) is 2. The topological polar surface area (TPSA) is 72.2 Å². The first-order valence-electron chi connectivity index (χ1n) is 5.60. The van der Waals surface area contributed by atoms with Gasteiger partial charge >= 0.3 is 0 Å². The fourth-order valence-corrected chi connectivity index (χ4v) is 3.68. The quantitative estimate of drug-likeness (QED) is 0.883. The molecule has 1 fully saturated rings. The Morgan fingerprint density at radius 3 is 2.29 bits per heavy atom. The van der Waals surface area contributed by atoms with Crippen LogP contribution in [0.2, 0.25) is 0 Å². The summed E-state index contributed by atoms with van der Waals surface area (Å²) < 4.78 is 23.9. The Kier molecular flexibility index (Phi) is 3.96. The zero-order valence-corrected chi connectivity index (χ0v) is 11.1. The van der Waals surface area contributed by atoms with Crippen molar-refractivity contribution < 1.29 is 8.42 Å². The molecule has 6 heteroatoms. The Labute approximate surface area is 106 Å². The van der Waals surface area contributed by atoms with Gasteiger partial charge in [0.25, 0.3) is 10.2 Å². The monoisotopic (exact) mass is 272 g/mol. The van der Waals surface area contributed by atoms with Crippen molar-refractivity contribution in [2.24, 2.45) is 5.14 Å². The van der Waals surface area contributed by atoms with E-state index in [0.717, 1.165) is 0 Å². The summed E-state index contributed by atoms with van der Waals surface area (Å²) in [5.41, 5.74) is 0.503. The highest BCUT2D eigenvalue weighted by atomic mass is 32.2. The summed E-state index contributed by atoms with van der Waals surface area (Å²) in [6.45, 7) is 0. The molecule has 0 heterocycles. The smallest absolute Gasteiger partial charge is 0.271 e. The van der Waals surface area contributed by atoms with E-state index in [1.807, 2.05) is 23.9 Å². The van der Waals surface area contributed by atoms with E-state index in [1.165, 1.54) is 30.6 Å². The lowest BCUT2D eigenvalue weighted by Gasteiger charge is -2.09. The fraction of sp³-hybridized carbons (Fsp3) is 0.455. The normalized spacial score (nSPS) is 17.2. The van der Waals surface area contributed by atoms with E-state index >= 15 is 0 Å². The van der Waals surface area contributed by atoms with E-state index in [9.17, 15) is 8.42 Å². The van der Waals surface area contributed by atoms with Gasteiger partial charge in [-0.15, -0.1) is 11.8 Å². The SMILES string of the molecule is NS(=O)(=O)Nc1ccc(SC2CCCC2)cc1. The summed E-state index contributed by atoms with van der Waals surface area (Å²) in [4.78, 5) is 1.18. The maximum atomic E-state index is 10.8.